The van der Waals surface area contributed by atoms with Crippen LogP contribution in [0.4, 0.5) is 0 Å². The molecule has 21 heavy (non-hydrogen) atoms. The van der Waals surface area contributed by atoms with Gasteiger partial charge in [-0.15, -0.1) is 0 Å². The highest BCUT2D eigenvalue weighted by atomic mass is 35.5. The third kappa shape index (κ3) is 3.09. The number of halogens is 1. The lowest BCUT2D eigenvalue weighted by Crippen LogP contribution is -2.50. The third-order valence-electron chi connectivity index (χ3n) is 3.69. The highest BCUT2D eigenvalue weighted by Crippen LogP contribution is 2.24. The molecule has 6 heteroatoms. The van der Waals surface area contributed by atoms with Crippen LogP contribution in [0.25, 0.3) is 0 Å². The fourth-order valence-corrected chi connectivity index (χ4v) is 2.34. The van der Waals surface area contributed by atoms with Gasteiger partial charge in [0.1, 0.15) is 11.3 Å². The van der Waals surface area contributed by atoms with Crippen LogP contribution in [0.3, 0.4) is 0 Å². The quantitative estimate of drug-likeness (QED) is 0.889. The average molecular weight is 308 g/mol. The van der Waals surface area contributed by atoms with E-state index in [-0.39, 0.29) is 0 Å². The van der Waals surface area contributed by atoms with Gasteiger partial charge in [0.25, 0.3) is 0 Å². The normalized spacial score (nSPS) is 13.9. The number of rotatable bonds is 5. The highest BCUT2D eigenvalue weighted by Gasteiger charge is 2.33. The van der Waals surface area contributed by atoms with Gasteiger partial charge in [-0.2, -0.15) is 0 Å². The molecule has 1 heterocycles. The van der Waals surface area contributed by atoms with E-state index in [1.54, 1.807) is 25.1 Å². The maximum Gasteiger partial charge on any atom is 0.242 e. The number of hydrogen-bond donors (Lipinski definition) is 2. The zero-order valence-electron chi connectivity index (χ0n) is 12.2. The van der Waals surface area contributed by atoms with E-state index in [1.807, 2.05) is 19.9 Å². The van der Waals surface area contributed by atoms with Crippen LogP contribution in [0.15, 0.2) is 28.8 Å². The van der Waals surface area contributed by atoms with Crippen LogP contribution in [-0.2, 0) is 16.9 Å². The van der Waals surface area contributed by atoms with E-state index >= 15 is 0 Å². The number of aromatic nitrogens is 1. The second-order valence-electron chi connectivity index (χ2n) is 5.16. The summed E-state index contributed by atoms with van der Waals surface area (Å²) in [5.41, 5.74) is 6.99. The molecule has 1 atom stereocenters. The van der Waals surface area contributed by atoms with Crippen molar-refractivity contribution in [3.8, 4) is 0 Å². The number of nitrogens with zero attached hydrogens (tertiary/aromatic N) is 1. The molecule has 0 aliphatic heterocycles. The standard InChI is InChI=1S/C15H18ClN3O2/c1-9-13(10(2)21-19-9)8-18-15(3,14(17)20)11-5-4-6-12(16)7-11/h4-7,18H,8H2,1-3H3,(H2,17,20)/t15-/m1/s1. The van der Waals surface area contributed by atoms with Crippen molar-refractivity contribution in [1.29, 1.82) is 0 Å². The minimum Gasteiger partial charge on any atom is -0.368 e. The van der Waals surface area contributed by atoms with Crippen LogP contribution in [0.2, 0.25) is 5.02 Å². The van der Waals surface area contributed by atoms with Crippen molar-refractivity contribution >= 4 is 17.5 Å². The first kappa shape index (κ1) is 15.5. The first-order chi connectivity index (χ1) is 9.84. The van der Waals surface area contributed by atoms with Gasteiger partial charge < -0.3 is 10.3 Å². The summed E-state index contributed by atoms with van der Waals surface area (Å²) in [6.07, 6.45) is 0. The molecular weight excluding hydrogens is 290 g/mol. The Balaban J connectivity index is 2.29. The number of primary amides is 1. The second kappa shape index (κ2) is 5.87. The summed E-state index contributed by atoms with van der Waals surface area (Å²) in [4.78, 5) is 11.9. The van der Waals surface area contributed by atoms with Gasteiger partial charge in [-0.25, -0.2) is 0 Å². The average Bonchev–Trinajstić information content (AvgIpc) is 2.75. The van der Waals surface area contributed by atoms with Gasteiger partial charge in [0, 0.05) is 17.1 Å². The summed E-state index contributed by atoms with van der Waals surface area (Å²) in [5.74, 6) is 0.245. The van der Waals surface area contributed by atoms with E-state index in [0.29, 0.717) is 17.1 Å². The van der Waals surface area contributed by atoms with Crippen molar-refractivity contribution in [3.63, 3.8) is 0 Å². The minimum absolute atomic E-state index is 0.424. The van der Waals surface area contributed by atoms with Gasteiger partial charge >= 0.3 is 0 Å². The fourth-order valence-electron chi connectivity index (χ4n) is 2.15. The van der Waals surface area contributed by atoms with Crippen LogP contribution in [0.5, 0.6) is 0 Å². The molecule has 3 N–H and O–H groups in total. The third-order valence-corrected chi connectivity index (χ3v) is 3.93. The second-order valence-corrected chi connectivity index (χ2v) is 5.59. The van der Waals surface area contributed by atoms with E-state index in [0.717, 1.165) is 17.0 Å². The molecule has 1 amide bonds. The number of amides is 1. The molecule has 0 aliphatic rings. The van der Waals surface area contributed by atoms with Crippen molar-refractivity contribution in [2.75, 3.05) is 0 Å². The number of aryl methyl sites for hydroxylation is 2. The van der Waals surface area contributed by atoms with E-state index in [2.05, 4.69) is 10.5 Å². The molecular formula is C15H18ClN3O2. The lowest BCUT2D eigenvalue weighted by Gasteiger charge is -2.28. The van der Waals surface area contributed by atoms with Crippen molar-refractivity contribution in [1.82, 2.24) is 10.5 Å². The molecule has 1 aromatic carbocycles. The lowest BCUT2D eigenvalue weighted by atomic mass is 9.91. The van der Waals surface area contributed by atoms with Crippen molar-refractivity contribution in [3.05, 3.63) is 51.9 Å². The van der Waals surface area contributed by atoms with Gasteiger partial charge in [-0.05, 0) is 38.5 Å². The Morgan fingerprint density at radius 3 is 2.71 bits per heavy atom. The Kier molecular flexibility index (Phi) is 4.34. The molecule has 0 aliphatic carbocycles. The summed E-state index contributed by atoms with van der Waals surface area (Å²) in [7, 11) is 0. The monoisotopic (exact) mass is 307 g/mol. The molecule has 2 rings (SSSR count). The van der Waals surface area contributed by atoms with E-state index in [9.17, 15) is 4.79 Å². The topological polar surface area (TPSA) is 81.2 Å². The van der Waals surface area contributed by atoms with E-state index < -0.39 is 11.4 Å². The molecule has 0 radical (unpaired) electrons. The zero-order chi connectivity index (χ0) is 15.6. The van der Waals surface area contributed by atoms with Crippen molar-refractivity contribution in [2.45, 2.75) is 32.9 Å². The summed E-state index contributed by atoms with van der Waals surface area (Å²) in [6, 6.07) is 7.08. The molecule has 112 valence electrons. The minimum atomic E-state index is -1.03. The SMILES string of the molecule is Cc1noc(C)c1CN[C@@](C)(C(N)=O)c1cccc(Cl)c1. The summed E-state index contributed by atoms with van der Waals surface area (Å²) in [6.45, 7) is 5.85. The molecule has 0 unspecified atom stereocenters. The Labute approximate surface area is 128 Å². The van der Waals surface area contributed by atoms with Crippen LogP contribution in [0.1, 0.15) is 29.5 Å². The Morgan fingerprint density at radius 1 is 1.48 bits per heavy atom. The predicted octanol–water partition coefficient (Wildman–Crippen LogP) is 2.44. The summed E-state index contributed by atoms with van der Waals surface area (Å²) >= 11 is 6.00. The number of hydrogen-bond acceptors (Lipinski definition) is 4. The first-order valence-electron chi connectivity index (χ1n) is 6.57. The molecule has 2 aromatic rings. The number of benzene rings is 1. The largest absolute Gasteiger partial charge is 0.368 e. The molecule has 0 bridgehead atoms. The van der Waals surface area contributed by atoms with Gasteiger partial charge in [-0.1, -0.05) is 28.9 Å². The van der Waals surface area contributed by atoms with E-state index in [1.165, 1.54) is 0 Å². The maximum atomic E-state index is 11.9. The number of nitrogens with two attached hydrogens (primary N) is 1. The van der Waals surface area contributed by atoms with Crippen LogP contribution in [0, 0.1) is 13.8 Å². The highest BCUT2D eigenvalue weighted by molar-refractivity contribution is 6.30. The Hall–Kier alpha value is -1.85. The first-order valence-corrected chi connectivity index (χ1v) is 6.95. The molecule has 5 nitrogen and oxygen atoms in total. The van der Waals surface area contributed by atoms with Gasteiger partial charge in [0.2, 0.25) is 5.91 Å². The molecule has 0 fully saturated rings. The van der Waals surface area contributed by atoms with Crippen LogP contribution in [-0.4, -0.2) is 11.1 Å². The molecule has 0 saturated carbocycles. The van der Waals surface area contributed by atoms with Crippen LogP contribution >= 0.6 is 11.6 Å². The number of nitrogens with one attached hydrogen (secondary N) is 1. The number of carbonyl (C=O) groups excluding carboxylic acids is 1. The van der Waals surface area contributed by atoms with E-state index in [4.69, 9.17) is 21.9 Å². The summed E-state index contributed by atoms with van der Waals surface area (Å²) < 4.78 is 5.12. The van der Waals surface area contributed by atoms with Gasteiger partial charge in [-0.3, -0.25) is 10.1 Å². The van der Waals surface area contributed by atoms with Crippen molar-refractivity contribution < 1.29 is 9.32 Å². The van der Waals surface area contributed by atoms with Gasteiger partial charge in [0.05, 0.1) is 5.69 Å². The fraction of sp³-hybridized carbons (Fsp3) is 0.333. The lowest BCUT2D eigenvalue weighted by molar-refractivity contribution is -0.124. The smallest absolute Gasteiger partial charge is 0.242 e. The summed E-state index contributed by atoms with van der Waals surface area (Å²) in [5, 5.41) is 7.64. The van der Waals surface area contributed by atoms with Crippen molar-refractivity contribution in [2.24, 2.45) is 5.73 Å². The Morgan fingerprint density at radius 2 is 2.19 bits per heavy atom. The Bertz CT molecular complexity index is 649. The molecule has 0 saturated heterocycles. The predicted molar refractivity (Wildman–Crippen MR) is 80.8 cm³/mol. The van der Waals surface area contributed by atoms with Crippen LogP contribution < -0.4 is 11.1 Å². The maximum absolute atomic E-state index is 11.9. The molecule has 1 aromatic heterocycles. The number of carbonyl (C=O) groups is 1. The van der Waals surface area contributed by atoms with Gasteiger partial charge in [0.15, 0.2) is 0 Å². The molecule has 0 spiro atoms. The zero-order valence-corrected chi connectivity index (χ0v) is 13.0.